The van der Waals surface area contributed by atoms with Gasteiger partial charge in [0.2, 0.25) is 5.75 Å². The molecule has 2 atom stereocenters. The summed E-state index contributed by atoms with van der Waals surface area (Å²) in [5.74, 6) is 0.466. The zero-order valence-electron chi connectivity index (χ0n) is 20.9. The predicted octanol–water partition coefficient (Wildman–Crippen LogP) is 4.25. The summed E-state index contributed by atoms with van der Waals surface area (Å²) in [4.78, 5) is 28.1. The first kappa shape index (κ1) is 24.3. The van der Waals surface area contributed by atoms with Crippen LogP contribution in [0.1, 0.15) is 35.4 Å². The van der Waals surface area contributed by atoms with Gasteiger partial charge < -0.3 is 33.4 Å². The van der Waals surface area contributed by atoms with Gasteiger partial charge in [0.15, 0.2) is 11.5 Å². The number of carbonyl (C=O) groups excluding carboxylic acids is 2. The molecule has 1 aromatic heterocycles. The Kier molecular flexibility index (Phi) is 6.29. The minimum absolute atomic E-state index is 0.0190. The smallest absolute Gasteiger partial charge is 0.296 e. The summed E-state index contributed by atoms with van der Waals surface area (Å²) in [6.07, 6.45) is 2.19. The van der Waals surface area contributed by atoms with Crippen LogP contribution in [0.2, 0.25) is 0 Å². The van der Waals surface area contributed by atoms with Crippen LogP contribution in [0.15, 0.2) is 58.7 Å². The molecule has 3 heterocycles. The Hall–Kier alpha value is -4.40. The molecule has 1 N–H and O–H groups in total. The Bertz CT molecular complexity index is 1370. The van der Waals surface area contributed by atoms with E-state index < -0.39 is 17.7 Å². The van der Waals surface area contributed by atoms with E-state index in [0.717, 1.165) is 11.3 Å². The highest BCUT2D eigenvalue weighted by Crippen LogP contribution is 2.46. The van der Waals surface area contributed by atoms with Crippen LogP contribution in [0, 0.1) is 0 Å². The van der Waals surface area contributed by atoms with Crippen LogP contribution in [0.5, 0.6) is 23.0 Å². The van der Waals surface area contributed by atoms with E-state index in [9.17, 15) is 14.7 Å². The minimum Gasteiger partial charge on any atom is -0.507 e. The van der Waals surface area contributed by atoms with Crippen LogP contribution in [-0.4, -0.2) is 49.1 Å². The highest BCUT2D eigenvalue weighted by atomic mass is 16.5. The summed E-state index contributed by atoms with van der Waals surface area (Å²) in [5, 5.41) is 11.5. The number of carbonyl (C=O) groups is 2. The predicted molar refractivity (Wildman–Crippen MR) is 133 cm³/mol. The normalized spacial score (nSPS) is 20.1. The lowest BCUT2D eigenvalue weighted by molar-refractivity contribution is -0.140. The molecule has 2 aromatic carbocycles. The molecule has 192 valence electrons. The first-order chi connectivity index (χ1) is 17.9. The fraction of sp³-hybridized carbons (Fsp3) is 0.286. The number of Topliss-reactive ketones (excluding diaryl/α,β-unsaturated/α-hetero) is 1. The van der Waals surface area contributed by atoms with Gasteiger partial charge in [0.05, 0.1) is 45.8 Å². The Balaban J connectivity index is 1.69. The number of methoxy groups -OCH3 is 3. The molecule has 37 heavy (non-hydrogen) atoms. The average molecular weight is 506 g/mol. The standard InChI is InChI=1S/C28H27NO8/c1-15-10-17-11-16(7-8-20(17)37-15)25(30)23-24(18-12-21(33-2)27(35-4)22(13-18)34-3)29(28(32)26(23)31)14-19-6-5-9-36-19/h5-9,11-13,15,24,30H,10,14H2,1-4H3. The van der Waals surface area contributed by atoms with Gasteiger partial charge in [-0.2, -0.15) is 0 Å². The molecule has 0 spiro atoms. The number of likely N-dealkylation sites (tertiary alicyclic amines) is 1. The summed E-state index contributed by atoms with van der Waals surface area (Å²) in [7, 11) is 4.45. The molecule has 2 aliphatic rings. The Morgan fingerprint density at radius 3 is 2.41 bits per heavy atom. The van der Waals surface area contributed by atoms with Crippen LogP contribution in [-0.2, 0) is 22.6 Å². The van der Waals surface area contributed by atoms with Crippen LogP contribution < -0.4 is 18.9 Å². The third-order valence-corrected chi connectivity index (χ3v) is 6.62. The number of ketones is 1. The van der Waals surface area contributed by atoms with Crippen molar-refractivity contribution in [3.8, 4) is 23.0 Å². The number of nitrogens with zero attached hydrogens (tertiary/aromatic N) is 1. The quantitative estimate of drug-likeness (QED) is 0.289. The van der Waals surface area contributed by atoms with Crippen LogP contribution in [0.25, 0.3) is 5.76 Å². The molecule has 9 nitrogen and oxygen atoms in total. The van der Waals surface area contributed by atoms with E-state index in [1.54, 1.807) is 42.5 Å². The summed E-state index contributed by atoms with van der Waals surface area (Å²) in [5.41, 5.74) is 1.80. The molecular weight excluding hydrogens is 478 g/mol. The van der Waals surface area contributed by atoms with Gasteiger partial charge >= 0.3 is 0 Å². The third-order valence-electron chi connectivity index (χ3n) is 6.62. The summed E-state index contributed by atoms with van der Waals surface area (Å²) < 4.78 is 27.7. The molecule has 5 rings (SSSR count). The number of hydrogen-bond acceptors (Lipinski definition) is 8. The molecule has 2 aliphatic heterocycles. The zero-order valence-corrected chi connectivity index (χ0v) is 20.9. The summed E-state index contributed by atoms with van der Waals surface area (Å²) in [6, 6.07) is 11.0. The van der Waals surface area contributed by atoms with Crippen molar-refractivity contribution in [1.82, 2.24) is 4.90 Å². The number of benzene rings is 2. The third kappa shape index (κ3) is 4.16. The molecule has 1 saturated heterocycles. The number of rotatable bonds is 7. The zero-order chi connectivity index (χ0) is 26.3. The minimum atomic E-state index is -0.942. The largest absolute Gasteiger partial charge is 0.507 e. The van der Waals surface area contributed by atoms with Gasteiger partial charge in [0.1, 0.15) is 23.4 Å². The molecule has 9 heteroatoms. The number of amides is 1. The number of hydrogen-bond donors (Lipinski definition) is 1. The number of furan rings is 1. The maximum Gasteiger partial charge on any atom is 0.296 e. The number of aliphatic hydroxyl groups is 1. The van der Waals surface area contributed by atoms with Crippen molar-refractivity contribution in [1.29, 1.82) is 0 Å². The number of ether oxygens (including phenoxy) is 4. The number of fused-ring (bicyclic) bond motifs is 1. The van der Waals surface area contributed by atoms with Gasteiger partial charge in [0, 0.05) is 12.0 Å². The molecule has 1 amide bonds. The van der Waals surface area contributed by atoms with Gasteiger partial charge in [-0.3, -0.25) is 9.59 Å². The lowest BCUT2D eigenvalue weighted by Gasteiger charge is -2.26. The Morgan fingerprint density at radius 1 is 1.05 bits per heavy atom. The van der Waals surface area contributed by atoms with E-state index in [1.807, 2.05) is 6.92 Å². The lowest BCUT2D eigenvalue weighted by atomic mass is 9.94. The Morgan fingerprint density at radius 2 is 1.78 bits per heavy atom. The van der Waals surface area contributed by atoms with Gasteiger partial charge in [-0.15, -0.1) is 0 Å². The second-order valence-corrected chi connectivity index (χ2v) is 8.92. The molecule has 0 aliphatic carbocycles. The van der Waals surface area contributed by atoms with E-state index in [1.165, 1.54) is 32.5 Å². The van der Waals surface area contributed by atoms with Gasteiger partial charge in [-0.1, -0.05) is 0 Å². The van der Waals surface area contributed by atoms with Crippen molar-refractivity contribution >= 4 is 17.4 Å². The van der Waals surface area contributed by atoms with Crippen molar-refractivity contribution < 1.29 is 38.1 Å². The van der Waals surface area contributed by atoms with Crippen molar-refractivity contribution in [3.05, 3.63) is 76.8 Å². The first-order valence-electron chi connectivity index (χ1n) is 11.8. The van der Waals surface area contributed by atoms with E-state index in [2.05, 4.69) is 0 Å². The molecule has 0 radical (unpaired) electrons. The summed E-state index contributed by atoms with van der Waals surface area (Å²) >= 11 is 0. The maximum absolute atomic E-state index is 13.4. The average Bonchev–Trinajstić information content (AvgIpc) is 3.61. The molecule has 3 aromatic rings. The monoisotopic (exact) mass is 505 g/mol. The topological polar surface area (TPSA) is 108 Å². The van der Waals surface area contributed by atoms with Crippen LogP contribution in [0.4, 0.5) is 0 Å². The van der Waals surface area contributed by atoms with Crippen molar-refractivity contribution in [2.75, 3.05) is 21.3 Å². The lowest BCUT2D eigenvalue weighted by Crippen LogP contribution is -2.29. The second kappa shape index (κ2) is 9.57. The number of aliphatic hydroxyl groups excluding tert-OH is 1. The second-order valence-electron chi connectivity index (χ2n) is 8.92. The molecular formula is C28H27NO8. The van der Waals surface area contributed by atoms with Crippen molar-refractivity contribution in [2.45, 2.75) is 32.0 Å². The van der Waals surface area contributed by atoms with Crippen molar-refractivity contribution in [2.24, 2.45) is 0 Å². The molecule has 2 unspecified atom stereocenters. The van der Waals surface area contributed by atoms with Gasteiger partial charge in [-0.25, -0.2) is 0 Å². The SMILES string of the molecule is COc1cc(C2C(=C(O)c3ccc4c(c3)CC(C)O4)C(=O)C(=O)N2Cc2ccco2)cc(OC)c1OC. The van der Waals surface area contributed by atoms with Crippen LogP contribution >= 0.6 is 0 Å². The van der Waals surface area contributed by atoms with E-state index in [0.29, 0.717) is 40.6 Å². The van der Waals surface area contributed by atoms with E-state index >= 15 is 0 Å². The molecule has 0 bridgehead atoms. The highest BCUT2D eigenvalue weighted by molar-refractivity contribution is 6.46. The Labute approximate surface area is 213 Å². The van der Waals surface area contributed by atoms with Gasteiger partial charge in [-0.05, 0) is 60.5 Å². The summed E-state index contributed by atoms with van der Waals surface area (Å²) in [6.45, 7) is 1.98. The molecule has 0 saturated carbocycles. The van der Waals surface area contributed by atoms with E-state index in [4.69, 9.17) is 23.4 Å². The van der Waals surface area contributed by atoms with Crippen molar-refractivity contribution in [3.63, 3.8) is 0 Å². The van der Waals surface area contributed by atoms with Crippen LogP contribution in [0.3, 0.4) is 0 Å². The first-order valence-corrected chi connectivity index (χ1v) is 11.8. The fourth-order valence-electron chi connectivity index (χ4n) is 4.94. The molecule has 1 fully saturated rings. The van der Waals surface area contributed by atoms with E-state index in [-0.39, 0.29) is 24.0 Å². The maximum atomic E-state index is 13.4. The fourth-order valence-corrected chi connectivity index (χ4v) is 4.94. The highest BCUT2D eigenvalue weighted by Gasteiger charge is 2.47. The van der Waals surface area contributed by atoms with Gasteiger partial charge in [0.25, 0.3) is 11.7 Å².